The Morgan fingerprint density at radius 2 is 1.79 bits per heavy atom. The molecule has 0 unspecified atom stereocenters. The van der Waals surface area contributed by atoms with Crippen LogP contribution in [0.15, 0.2) is 67.0 Å². The lowest BCUT2D eigenvalue weighted by Crippen LogP contribution is -2.20. The van der Waals surface area contributed by atoms with E-state index in [2.05, 4.69) is 27.4 Å². The summed E-state index contributed by atoms with van der Waals surface area (Å²) in [5.41, 5.74) is 2.07. The molecular weight excluding hydrogens is 352 g/mol. The summed E-state index contributed by atoms with van der Waals surface area (Å²) in [7, 11) is 1.93. The van der Waals surface area contributed by atoms with Gasteiger partial charge in [0.05, 0.1) is 11.8 Å². The van der Waals surface area contributed by atoms with Crippen LogP contribution >= 0.6 is 0 Å². The molecule has 0 fully saturated rings. The Labute approximate surface area is 165 Å². The molecule has 3 aromatic rings. The summed E-state index contributed by atoms with van der Waals surface area (Å²) in [6.45, 7) is 4.57. The number of carbonyl (C=O) groups is 1. The van der Waals surface area contributed by atoms with E-state index in [9.17, 15) is 4.79 Å². The van der Waals surface area contributed by atoms with Crippen LogP contribution in [0.3, 0.4) is 0 Å². The monoisotopic (exact) mass is 376 g/mol. The van der Waals surface area contributed by atoms with Gasteiger partial charge in [-0.05, 0) is 31.5 Å². The minimum atomic E-state index is -0.309. The molecular formula is C22H24N4O2. The number of nitrogens with one attached hydrogen (secondary N) is 1. The van der Waals surface area contributed by atoms with E-state index in [-0.39, 0.29) is 12.0 Å². The summed E-state index contributed by atoms with van der Waals surface area (Å²) in [6.07, 6.45) is 1.41. The van der Waals surface area contributed by atoms with Crippen molar-refractivity contribution in [1.82, 2.24) is 9.97 Å². The predicted octanol–water partition coefficient (Wildman–Crippen LogP) is 4.15. The average molecular weight is 376 g/mol. The summed E-state index contributed by atoms with van der Waals surface area (Å²) in [6, 6.07) is 19.1. The maximum absolute atomic E-state index is 12.7. The number of carbonyl (C=O) groups excluding carboxylic acids is 1. The van der Waals surface area contributed by atoms with Crippen LogP contribution in [0.4, 0.5) is 11.5 Å². The zero-order valence-corrected chi connectivity index (χ0v) is 16.3. The van der Waals surface area contributed by atoms with Crippen LogP contribution in [-0.4, -0.2) is 29.0 Å². The number of hydrogen-bond acceptors (Lipinski definition) is 5. The molecule has 0 atom stereocenters. The SMILES string of the molecule is CC(C)Oc1ccccc1NC(=O)c1cc(N(C)Cc2ccccc2)ncn1. The molecule has 28 heavy (non-hydrogen) atoms. The molecule has 0 spiro atoms. The Hall–Kier alpha value is -3.41. The van der Waals surface area contributed by atoms with Crippen molar-refractivity contribution in [2.24, 2.45) is 0 Å². The molecule has 0 saturated heterocycles. The van der Waals surface area contributed by atoms with E-state index in [0.29, 0.717) is 29.5 Å². The van der Waals surface area contributed by atoms with E-state index in [4.69, 9.17) is 4.74 Å². The number of hydrogen-bond donors (Lipinski definition) is 1. The molecule has 0 bridgehead atoms. The Balaban J connectivity index is 1.74. The van der Waals surface area contributed by atoms with Crippen LogP contribution in [0, 0.1) is 0 Å². The third-order valence-electron chi connectivity index (χ3n) is 4.04. The van der Waals surface area contributed by atoms with E-state index >= 15 is 0 Å². The van der Waals surface area contributed by atoms with Gasteiger partial charge in [-0.1, -0.05) is 42.5 Å². The highest BCUT2D eigenvalue weighted by atomic mass is 16.5. The largest absolute Gasteiger partial charge is 0.489 e. The van der Waals surface area contributed by atoms with Gasteiger partial charge in [0, 0.05) is 19.7 Å². The number of benzene rings is 2. The molecule has 1 N–H and O–H groups in total. The molecule has 0 aliphatic heterocycles. The van der Waals surface area contributed by atoms with E-state index in [1.54, 1.807) is 12.1 Å². The van der Waals surface area contributed by atoms with Crippen LogP contribution < -0.4 is 15.0 Å². The van der Waals surface area contributed by atoms with Crippen molar-refractivity contribution in [3.05, 3.63) is 78.2 Å². The maximum Gasteiger partial charge on any atom is 0.274 e. The third kappa shape index (κ3) is 5.07. The molecule has 0 radical (unpaired) electrons. The fourth-order valence-corrected chi connectivity index (χ4v) is 2.73. The molecule has 2 aromatic carbocycles. The maximum atomic E-state index is 12.7. The van der Waals surface area contributed by atoms with Gasteiger partial charge in [0.2, 0.25) is 0 Å². The molecule has 0 aliphatic rings. The van der Waals surface area contributed by atoms with E-state index in [1.807, 2.05) is 62.2 Å². The molecule has 3 rings (SSSR count). The van der Waals surface area contributed by atoms with Crippen LogP contribution in [0.25, 0.3) is 0 Å². The van der Waals surface area contributed by atoms with E-state index < -0.39 is 0 Å². The van der Waals surface area contributed by atoms with Crippen molar-refractivity contribution in [2.75, 3.05) is 17.3 Å². The van der Waals surface area contributed by atoms with Gasteiger partial charge in [-0.15, -0.1) is 0 Å². The van der Waals surface area contributed by atoms with Gasteiger partial charge in [-0.3, -0.25) is 4.79 Å². The summed E-state index contributed by atoms with van der Waals surface area (Å²) in [5.74, 6) is 0.994. The van der Waals surface area contributed by atoms with Crippen LogP contribution in [0.2, 0.25) is 0 Å². The standard InChI is InChI=1S/C22H24N4O2/c1-16(2)28-20-12-8-7-11-18(20)25-22(27)19-13-21(24-15-23-19)26(3)14-17-9-5-4-6-10-17/h4-13,15-16H,14H2,1-3H3,(H,25,27). The number of para-hydroxylation sites is 2. The fraction of sp³-hybridized carbons (Fsp3) is 0.227. The smallest absolute Gasteiger partial charge is 0.274 e. The number of aromatic nitrogens is 2. The summed E-state index contributed by atoms with van der Waals surface area (Å²) < 4.78 is 5.75. The molecule has 1 amide bonds. The second-order valence-electron chi connectivity index (χ2n) is 6.72. The molecule has 6 nitrogen and oxygen atoms in total. The van der Waals surface area contributed by atoms with E-state index in [0.717, 1.165) is 5.56 Å². The predicted molar refractivity (Wildman–Crippen MR) is 111 cm³/mol. The minimum Gasteiger partial charge on any atom is -0.489 e. The second-order valence-corrected chi connectivity index (χ2v) is 6.72. The molecule has 144 valence electrons. The lowest BCUT2D eigenvalue weighted by Gasteiger charge is -2.18. The molecule has 0 saturated carbocycles. The number of anilines is 2. The van der Waals surface area contributed by atoms with Gasteiger partial charge in [0.1, 0.15) is 23.6 Å². The van der Waals surface area contributed by atoms with Crippen LogP contribution in [0.1, 0.15) is 29.9 Å². The first kappa shape index (κ1) is 19.4. The van der Waals surface area contributed by atoms with Crippen molar-refractivity contribution in [1.29, 1.82) is 0 Å². The van der Waals surface area contributed by atoms with Gasteiger partial charge in [0.15, 0.2) is 0 Å². The first-order valence-corrected chi connectivity index (χ1v) is 9.17. The fourth-order valence-electron chi connectivity index (χ4n) is 2.73. The minimum absolute atomic E-state index is 0.00958. The van der Waals surface area contributed by atoms with E-state index in [1.165, 1.54) is 6.33 Å². The lowest BCUT2D eigenvalue weighted by atomic mass is 10.2. The second kappa shape index (κ2) is 8.99. The molecule has 1 aromatic heterocycles. The Morgan fingerprint density at radius 1 is 1.07 bits per heavy atom. The topological polar surface area (TPSA) is 67.3 Å². The van der Waals surface area contributed by atoms with Crippen molar-refractivity contribution < 1.29 is 9.53 Å². The summed E-state index contributed by atoms with van der Waals surface area (Å²) in [4.78, 5) is 23.1. The highest BCUT2D eigenvalue weighted by molar-refractivity contribution is 6.04. The van der Waals surface area contributed by atoms with Crippen molar-refractivity contribution >= 4 is 17.4 Å². The summed E-state index contributed by atoms with van der Waals surface area (Å²) >= 11 is 0. The van der Waals surface area contributed by atoms with Crippen LogP contribution in [0.5, 0.6) is 5.75 Å². The van der Waals surface area contributed by atoms with Gasteiger partial charge in [-0.2, -0.15) is 0 Å². The molecule has 0 aliphatic carbocycles. The highest BCUT2D eigenvalue weighted by Gasteiger charge is 2.14. The Kier molecular flexibility index (Phi) is 6.22. The Morgan fingerprint density at radius 3 is 2.54 bits per heavy atom. The lowest BCUT2D eigenvalue weighted by molar-refractivity contribution is 0.102. The normalized spacial score (nSPS) is 10.6. The van der Waals surface area contributed by atoms with Gasteiger partial charge in [-0.25, -0.2) is 9.97 Å². The number of rotatable bonds is 7. The molecule has 6 heteroatoms. The van der Waals surface area contributed by atoms with Gasteiger partial charge in [0.25, 0.3) is 5.91 Å². The first-order chi connectivity index (χ1) is 13.5. The Bertz CT molecular complexity index is 929. The van der Waals surface area contributed by atoms with Crippen molar-refractivity contribution in [2.45, 2.75) is 26.5 Å². The zero-order chi connectivity index (χ0) is 19.9. The molecule has 1 heterocycles. The quantitative estimate of drug-likeness (QED) is 0.671. The number of ether oxygens (including phenoxy) is 1. The van der Waals surface area contributed by atoms with Crippen molar-refractivity contribution in [3.8, 4) is 5.75 Å². The van der Waals surface area contributed by atoms with Gasteiger partial charge >= 0.3 is 0 Å². The van der Waals surface area contributed by atoms with Gasteiger partial charge < -0.3 is 15.0 Å². The van der Waals surface area contributed by atoms with Crippen molar-refractivity contribution in [3.63, 3.8) is 0 Å². The average Bonchev–Trinajstić information content (AvgIpc) is 2.70. The summed E-state index contributed by atoms with van der Waals surface area (Å²) in [5, 5.41) is 2.88. The van der Waals surface area contributed by atoms with Crippen LogP contribution in [-0.2, 0) is 6.54 Å². The number of amides is 1. The first-order valence-electron chi connectivity index (χ1n) is 9.17. The third-order valence-corrected chi connectivity index (χ3v) is 4.04. The highest BCUT2D eigenvalue weighted by Crippen LogP contribution is 2.25. The number of nitrogens with zero attached hydrogens (tertiary/aromatic N) is 3. The zero-order valence-electron chi connectivity index (χ0n) is 16.3.